The number of hydrogen-bond donors (Lipinski definition) is 4. The highest BCUT2D eigenvalue weighted by Crippen LogP contribution is 2.23. The molecule has 0 aromatic heterocycles. The van der Waals surface area contributed by atoms with E-state index >= 15 is 0 Å². The van der Waals surface area contributed by atoms with Crippen molar-refractivity contribution in [3.8, 4) is 0 Å². The van der Waals surface area contributed by atoms with Gasteiger partial charge in [0.15, 0.2) is 0 Å². The molecule has 0 amide bonds. The van der Waals surface area contributed by atoms with Crippen molar-refractivity contribution in [2.45, 2.75) is 25.7 Å². The van der Waals surface area contributed by atoms with E-state index in [0.29, 0.717) is 6.42 Å². The zero-order valence-electron chi connectivity index (χ0n) is 7.95. The molecule has 0 rings (SSSR count). The molecule has 0 bridgehead atoms. The van der Waals surface area contributed by atoms with Gasteiger partial charge in [-0.05, 0) is 12.8 Å². The Balaban J connectivity index is 3.68. The highest BCUT2D eigenvalue weighted by atomic mass is 16.3. The lowest BCUT2D eigenvalue weighted by Gasteiger charge is -2.27. The lowest BCUT2D eigenvalue weighted by molar-refractivity contribution is -0.00242. The summed E-state index contributed by atoms with van der Waals surface area (Å²) in [5, 5.41) is 35.4. The minimum Gasteiger partial charge on any atom is -0.396 e. The SMILES string of the molecule is OCCCCCC(CO)(CO)CO. The van der Waals surface area contributed by atoms with E-state index in [0.717, 1.165) is 19.3 Å². The zero-order valence-corrected chi connectivity index (χ0v) is 7.95. The van der Waals surface area contributed by atoms with Crippen molar-refractivity contribution < 1.29 is 20.4 Å². The first kappa shape index (κ1) is 12.8. The third kappa shape index (κ3) is 4.57. The van der Waals surface area contributed by atoms with Gasteiger partial charge >= 0.3 is 0 Å². The van der Waals surface area contributed by atoms with Gasteiger partial charge < -0.3 is 20.4 Å². The second kappa shape index (κ2) is 7.26. The van der Waals surface area contributed by atoms with Crippen LogP contribution in [0.2, 0.25) is 0 Å². The molecule has 0 aliphatic rings. The maximum atomic E-state index is 8.96. The first-order valence-corrected chi connectivity index (χ1v) is 4.68. The minimum absolute atomic E-state index is 0.171. The van der Waals surface area contributed by atoms with Crippen LogP contribution in [0.15, 0.2) is 0 Å². The van der Waals surface area contributed by atoms with E-state index in [2.05, 4.69) is 0 Å². The molecule has 0 fully saturated rings. The topological polar surface area (TPSA) is 80.9 Å². The molecular formula is C9H20O4. The monoisotopic (exact) mass is 192 g/mol. The maximum absolute atomic E-state index is 8.96. The van der Waals surface area contributed by atoms with Gasteiger partial charge in [0.25, 0.3) is 0 Å². The number of aliphatic hydroxyl groups excluding tert-OH is 4. The third-order valence-electron chi connectivity index (χ3n) is 2.37. The summed E-state index contributed by atoms with van der Waals surface area (Å²) in [6, 6.07) is 0. The average Bonchev–Trinajstić information content (AvgIpc) is 2.20. The fourth-order valence-electron chi connectivity index (χ4n) is 1.18. The highest BCUT2D eigenvalue weighted by Gasteiger charge is 2.26. The molecular weight excluding hydrogens is 172 g/mol. The number of rotatable bonds is 8. The predicted molar refractivity (Wildman–Crippen MR) is 49.2 cm³/mol. The number of hydrogen-bond acceptors (Lipinski definition) is 4. The van der Waals surface area contributed by atoms with Crippen molar-refractivity contribution in [1.29, 1.82) is 0 Å². The van der Waals surface area contributed by atoms with Crippen LogP contribution >= 0.6 is 0 Å². The van der Waals surface area contributed by atoms with Crippen LogP contribution in [-0.2, 0) is 0 Å². The van der Waals surface area contributed by atoms with E-state index in [1.54, 1.807) is 0 Å². The standard InChI is InChI=1S/C9H20O4/c10-5-3-1-2-4-9(6-11,7-12)8-13/h10-13H,1-8H2. The molecule has 0 saturated heterocycles. The molecule has 0 atom stereocenters. The van der Waals surface area contributed by atoms with Crippen molar-refractivity contribution >= 4 is 0 Å². The summed E-state index contributed by atoms with van der Waals surface area (Å²) in [4.78, 5) is 0. The fourth-order valence-corrected chi connectivity index (χ4v) is 1.18. The van der Waals surface area contributed by atoms with Gasteiger partial charge in [-0.2, -0.15) is 0 Å². The predicted octanol–water partition coefficient (Wildman–Crippen LogP) is -0.498. The molecule has 0 saturated carbocycles. The summed E-state index contributed by atoms with van der Waals surface area (Å²) < 4.78 is 0. The Morgan fingerprint density at radius 3 is 1.62 bits per heavy atom. The summed E-state index contributed by atoms with van der Waals surface area (Å²) in [5.41, 5.74) is -0.741. The molecule has 0 aromatic rings. The fraction of sp³-hybridized carbons (Fsp3) is 1.00. The second-order valence-electron chi connectivity index (χ2n) is 3.51. The average molecular weight is 192 g/mol. The molecule has 0 unspecified atom stereocenters. The molecule has 80 valence electrons. The summed E-state index contributed by atoms with van der Waals surface area (Å²) in [5.74, 6) is 0. The lowest BCUT2D eigenvalue weighted by Crippen LogP contribution is -2.33. The van der Waals surface area contributed by atoms with E-state index < -0.39 is 5.41 Å². The molecule has 0 radical (unpaired) electrons. The molecule has 0 aliphatic carbocycles. The Morgan fingerprint density at radius 2 is 1.23 bits per heavy atom. The van der Waals surface area contributed by atoms with Crippen LogP contribution in [0.3, 0.4) is 0 Å². The number of unbranched alkanes of at least 4 members (excludes halogenated alkanes) is 2. The molecule has 13 heavy (non-hydrogen) atoms. The Bertz CT molecular complexity index is 104. The zero-order chi connectivity index (χ0) is 10.2. The molecule has 0 aromatic carbocycles. The first-order chi connectivity index (χ1) is 6.24. The third-order valence-corrected chi connectivity index (χ3v) is 2.37. The molecule has 0 spiro atoms. The van der Waals surface area contributed by atoms with Crippen molar-refractivity contribution in [3.63, 3.8) is 0 Å². The quantitative estimate of drug-likeness (QED) is 0.391. The van der Waals surface area contributed by atoms with E-state index in [-0.39, 0.29) is 26.4 Å². The van der Waals surface area contributed by atoms with Crippen LogP contribution in [0.25, 0.3) is 0 Å². The van der Waals surface area contributed by atoms with Crippen LogP contribution in [0, 0.1) is 5.41 Å². The summed E-state index contributed by atoms with van der Waals surface area (Å²) in [6.45, 7) is -0.415. The van der Waals surface area contributed by atoms with Crippen LogP contribution < -0.4 is 0 Å². The van der Waals surface area contributed by atoms with Gasteiger partial charge in [-0.1, -0.05) is 12.8 Å². The maximum Gasteiger partial charge on any atom is 0.0531 e. The van der Waals surface area contributed by atoms with Gasteiger partial charge in [0.1, 0.15) is 0 Å². The Labute approximate surface area is 78.8 Å². The van der Waals surface area contributed by atoms with E-state index in [9.17, 15) is 0 Å². The van der Waals surface area contributed by atoms with Crippen LogP contribution in [0.5, 0.6) is 0 Å². The van der Waals surface area contributed by atoms with Gasteiger partial charge in [0, 0.05) is 12.0 Å². The lowest BCUT2D eigenvalue weighted by atomic mass is 9.85. The second-order valence-corrected chi connectivity index (χ2v) is 3.51. The summed E-state index contributed by atoms with van der Waals surface area (Å²) in [7, 11) is 0. The largest absolute Gasteiger partial charge is 0.396 e. The summed E-state index contributed by atoms with van der Waals surface area (Å²) >= 11 is 0. The molecule has 4 nitrogen and oxygen atoms in total. The smallest absolute Gasteiger partial charge is 0.0531 e. The van der Waals surface area contributed by atoms with Crippen molar-refractivity contribution in [1.82, 2.24) is 0 Å². The number of aliphatic hydroxyl groups is 4. The van der Waals surface area contributed by atoms with E-state index in [4.69, 9.17) is 20.4 Å². The summed E-state index contributed by atoms with van der Waals surface area (Å²) in [6.07, 6.45) is 3.00. The molecule has 4 heteroatoms. The van der Waals surface area contributed by atoms with Gasteiger partial charge in [0.2, 0.25) is 0 Å². The first-order valence-electron chi connectivity index (χ1n) is 4.68. The van der Waals surface area contributed by atoms with E-state index in [1.165, 1.54) is 0 Å². The Hall–Kier alpha value is -0.160. The molecule has 0 aliphatic heterocycles. The van der Waals surface area contributed by atoms with E-state index in [1.807, 2.05) is 0 Å². The van der Waals surface area contributed by atoms with Crippen LogP contribution in [0.1, 0.15) is 25.7 Å². The van der Waals surface area contributed by atoms with Gasteiger partial charge in [-0.25, -0.2) is 0 Å². The normalized spacial score (nSPS) is 12.0. The van der Waals surface area contributed by atoms with Gasteiger partial charge in [-0.3, -0.25) is 0 Å². The van der Waals surface area contributed by atoms with Crippen LogP contribution in [0.4, 0.5) is 0 Å². The van der Waals surface area contributed by atoms with Crippen molar-refractivity contribution in [2.75, 3.05) is 26.4 Å². The molecule has 0 heterocycles. The Kier molecular flexibility index (Phi) is 7.17. The van der Waals surface area contributed by atoms with Gasteiger partial charge in [-0.15, -0.1) is 0 Å². The van der Waals surface area contributed by atoms with Crippen LogP contribution in [-0.4, -0.2) is 46.9 Å². The van der Waals surface area contributed by atoms with Crippen molar-refractivity contribution in [2.24, 2.45) is 5.41 Å². The van der Waals surface area contributed by atoms with Crippen molar-refractivity contribution in [3.05, 3.63) is 0 Å². The Morgan fingerprint density at radius 1 is 0.692 bits per heavy atom. The van der Waals surface area contributed by atoms with Gasteiger partial charge in [0.05, 0.1) is 19.8 Å². The molecule has 4 N–H and O–H groups in total. The highest BCUT2D eigenvalue weighted by molar-refractivity contribution is 4.76. The minimum atomic E-state index is -0.741.